The SMILES string of the molecule is CC1C2CC3CCC2C(O)C31. The molecule has 0 aromatic rings. The van der Waals surface area contributed by atoms with Crippen molar-refractivity contribution in [1.29, 1.82) is 0 Å². The van der Waals surface area contributed by atoms with E-state index in [0.717, 1.165) is 17.8 Å². The Balaban J connectivity index is 2.03. The van der Waals surface area contributed by atoms with Crippen molar-refractivity contribution in [3.8, 4) is 0 Å². The molecule has 0 spiro atoms. The highest BCUT2D eigenvalue weighted by Gasteiger charge is 2.59. The molecule has 0 aromatic carbocycles. The lowest BCUT2D eigenvalue weighted by Gasteiger charge is -2.39. The van der Waals surface area contributed by atoms with Gasteiger partial charge in [0.25, 0.3) is 0 Å². The van der Waals surface area contributed by atoms with Crippen molar-refractivity contribution in [3.05, 3.63) is 0 Å². The van der Waals surface area contributed by atoms with Crippen LogP contribution in [0.15, 0.2) is 0 Å². The maximum atomic E-state index is 9.88. The number of aliphatic hydroxyl groups excluding tert-OH is 1. The van der Waals surface area contributed by atoms with Gasteiger partial charge in [0.1, 0.15) is 0 Å². The van der Waals surface area contributed by atoms with Gasteiger partial charge in [-0.1, -0.05) is 6.92 Å². The van der Waals surface area contributed by atoms with Gasteiger partial charge in [0.2, 0.25) is 0 Å². The van der Waals surface area contributed by atoms with E-state index < -0.39 is 0 Å². The minimum atomic E-state index is 0.0856. The Kier molecular flexibility index (Phi) is 1.07. The van der Waals surface area contributed by atoms with Crippen molar-refractivity contribution >= 4 is 0 Å². The summed E-state index contributed by atoms with van der Waals surface area (Å²) in [5.74, 6) is 4.02. The van der Waals surface area contributed by atoms with Crippen LogP contribution in [-0.4, -0.2) is 11.2 Å². The first kappa shape index (κ1) is 6.47. The van der Waals surface area contributed by atoms with Gasteiger partial charge in [-0.05, 0) is 48.9 Å². The second kappa shape index (κ2) is 1.82. The fraction of sp³-hybridized carbons (Fsp3) is 1.00. The van der Waals surface area contributed by atoms with E-state index in [-0.39, 0.29) is 6.10 Å². The van der Waals surface area contributed by atoms with E-state index in [9.17, 15) is 5.11 Å². The predicted octanol–water partition coefficient (Wildman–Crippen LogP) is 1.66. The molecule has 1 heteroatoms. The van der Waals surface area contributed by atoms with Gasteiger partial charge in [0.15, 0.2) is 0 Å². The first-order valence-electron chi connectivity index (χ1n) is 4.97. The molecule has 0 heterocycles. The fourth-order valence-electron chi connectivity index (χ4n) is 4.23. The standard InChI is InChI=1S/C10H16O/c1-5-8-4-6-2-3-7(8)10(11)9(5)6/h5-11H,2-4H2,1H3. The Hall–Kier alpha value is -0.0400. The minimum Gasteiger partial charge on any atom is -0.393 e. The third-order valence-corrected chi connectivity index (χ3v) is 4.66. The molecule has 0 aliphatic heterocycles. The van der Waals surface area contributed by atoms with Crippen molar-refractivity contribution in [2.45, 2.75) is 32.3 Å². The van der Waals surface area contributed by atoms with Crippen molar-refractivity contribution in [2.24, 2.45) is 29.6 Å². The van der Waals surface area contributed by atoms with Crippen LogP contribution in [0.1, 0.15) is 26.2 Å². The largest absolute Gasteiger partial charge is 0.393 e. The third-order valence-electron chi connectivity index (χ3n) is 4.66. The van der Waals surface area contributed by atoms with Crippen LogP contribution in [0, 0.1) is 29.6 Å². The zero-order valence-electron chi connectivity index (χ0n) is 7.03. The summed E-state index contributed by atoms with van der Waals surface area (Å²) in [5, 5.41) is 9.88. The van der Waals surface area contributed by atoms with Crippen LogP contribution in [0.3, 0.4) is 0 Å². The molecule has 0 radical (unpaired) electrons. The summed E-state index contributed by atoms with van der Waals surface area (Å²) in [7, 11) is 0. The quantitative estimate of drug-likeness (QED) is 0.559. The van der Waals surface area contributed by atoms with Gasteiger partial charge in [-0.25, -0.2) is 0 Å². The Morgan fingerprint density at radius 1 is 1.18 bits per heavy atom. The van der Waals surface area contributed by atoms with Gasteiger partial charge in [0, 0.05) is 0 Å². The maximum absolute atomic E-state index is 9.88. The zero-order valence-corrected chi connectivity index (χ0v) is 7.03. The molecule has 4 saturated carbocycles. The number of rotatable bonds is 0. The molecular weight excluding hydrogens is 136 g/mol. The van der Waals surface area contributed by atoms with Crippen LogP contribution >= 0.6 is 0 Å². The lowest BCUT2D eigenvalue weighted by atomic mass is 9.69. The van der Waals surface area contributed by atoms with Gasteiger partial charge in [-0.15, -0.1) is 0 Å². The van der Waals surface area contributed by atoms with Gasteiger partial charge >= 0.3 is 0 Å². The van der Waals surface area contributed by atoms with E-state index in [4.69, 9.17) is 0 Å². The molecule has 4 aliphatic rings. The van der Waals surface area contributed by atoms with Crippen LogP contribution < -0.4 is 0 Å². The normalized spacial score (nSPS) is 66.0. The van der Waals surface area contributed by atoms with Crippen LogP contribution in [0.5, 0.6) is 0 Å². The highest BCUT2D eigenvalue weighted by Crippen LogP contribution is 2.62. The summed E-state index contributed by atoms with van der Waals surface area (Å²) in [6.45, 7) is 2.35. The number of aliphatic hydroxyl groups is 1. The monoisotopic (exact) mass is 152 g/mol. The summed E-state index contributed by atoms with van der Waals surface area (Å²) < 4.78 is 0. The lowest BCUT2D eigenvalue weighted by molar-refractivity contribution is -0.0116. The topological polar surface area (TPSA) is 20.2 Å². The second-order valence-corrected chi connectivity index (χ2v) is 4.83. The van der Waals surface area contributed by atoms with E-state index in [1.807, 2.05) is 0 Å². The highest BCUT2D eigenvalue weighted by atomic mass is 16.3. The number of hydrogen-bond acceptors (Lipinski definition) is 1. The molecule has 0 aromatic heterocycles. The van der Waals surface area contributed by atoms with Gasteiger partial charge in [0.05, 0.1) is 6.10 Å². The second-order valence-electron chi connectivity index (χ2n) is 4.83. The molecule has 6 atom stereocenters. The molecule has 11 heavy (non-hydrogen) atoms. The molecule has 4 rings (SSSR count). The molecule has 0 amide bonds. The molecule has 4 fully saturated rings. The van der Waals surface area contributed by atoms with Crippen LogP contribution in [-0.2, 0) is 0 Å². The average Bonchev–Trinajstić information content (AvgIpc) is 2.38. The minimum absolute atomic E-state index is 0.0856. The van der Waals surface area contributed by atoms with E-state index in [2.05, 4.69) is 6.92 Å². The van der Waals surface area contributed by atoms with E-state index in [1.165, 1.54) is 19.3 Å². The Labute approximate surface area is 67.8 Å². The van der Waals surface area contributed by atoms with Gasteiger partial charge < -0.3 is 5.11 Å². The first-order chi connectivity index (χ1) is 5.29. The molecule has 4 aliphatic carbocycles. The lowest BCUT2D eigenvalue weighted by Crippen LogP contribution is -2.37. The smallest absolute Gasteiger partial charge is 0.0604 e. The van der Waals surface area contributed by atoms with Crippen molar-refractivity contribution < 1.29 is 5.11 Å². The predicted molar refractivity (Wildman–Crippen MR) is 43.0 cm³/mol. The van der Waals surface area contributed by atoms with Gasteiger partial charge in [-0.3, -0.25) is 0 Å². The molecule has 6 unspecified atom stereocenters. The Morgan fingerprint density at radius 3 is 2.45 bits per heavy atom. The third kappa shape index (κ3) is 0.581. The van der Waals surface area contributed by atoms with Crippen molar-refractivity contribution in [1.82, 2.24) is 0 Å². The highest BCUT2D eigenvalue weighted by molar-refractivity contribution is 5.08. The van der Waals surface area contributed by atoms with E-state index in [1.54, 1.807) is 0 Å². The Bertz CT molecular complexity index is 177. The molecule has 0 saturated heterocycles. The zero-order chi connectivity index (χ0) is 7.59. The Morgan fingerprint density at radius 2 is 2.00 bits per heavy atom. The molecule has 1 N–H and O–H groups in total. The molecule has 4 bridgehead atoms. The summed E-state index contributed by atoms with van der Waals surface area (Å²) in [4.78, 5) is 0. The van der Waals surface area contributed by atoms with Crippen molar-refractivity contribution in [2.75, 3.05) is 0 Å². The molecule has 1 nitrogen and oxygen atoms in total. The summed E-state index contributed by atoms with van der Waals surface area (Å²) in [5.41, 5.74) is 0. The van der Waals surface area contributed by atoms with Crippen LogP contribution in [0.25, 0.3) is 0 Å². The van der Waals surface area contributed by atoms with Crippen LogP contribution in [0.4, 0.5) is 0 Å². The molecule has 62 valence electrons. The molecular formula is C10H16O. The summed E-state index contributed by atoms with van der Waals surface area (Å²) in [6.07, 6.45) is 4.25. The average molecular weight is 152 g/mol. The summed E-state index contributed by atoms with van der Waals surface area (Å²) in [6, 6.07) is 0. The van der Waals surface area contributed by atoms with Crippen LogP contribution in [0.2, 0.25) is 0 Å². The fourth-order valence-corrected chi connectivity index (χ4v) is 4.23. The number of hydrogen-bond donors (Lipinski definition) is 1. The van der Waals surface area contributed by atoms with Crippen molar-refractivity contribution in [3.63, 3.8) is 0 Å². The van der Waals surface area contributed by atoms with E-state index in [0.29, 0.717) is 11.8 Å². The van der Waals surface area contributed by atoms with Gasteiger partial charge in [-0.2, -0.15) is 0 Å². The number of fused-ring (bicyclic) bond motifs is 1. The van der Waals surface area contributed by atoms with E-state index >= 15 is 0 Å². The first-order valence-corrected chi connectivity index (χ1v) is 4.97. The maximum Gasteiger partial charge on any atom is 0.0604 e. The summed E-state index contributed by atoms with van der Waals surface area (Å²) >= 11 is 0.